The molecule has 1 heterocycles. The van der Waals surface area contributed by atoms with E-state index in [-0.39, 0.29) is 11.9 Å². The second-order valence-corrected chi connectivity index (χ2v) is 7.80. The van der Waals surface area contributed by atoms with E-state index >= 15 is 0 Å². The Balaban J connectivity index is 1.81. The van der Waals surface area contributed by atoms with Crippen LogP contribution < -0.4 is 4.74 Å². The minimum atomic E-state index is -0.528. The number of nitrogens with zero attached hydrogens (tertiary/aromatic N) is 1. The summed E-state index contributed by atoms with van der Waals surface area (Å²) in [7, 11) is 1.59. The molecule has 5 nitrogen and oxygen atoms in total. The Morgan fingerprint density at radius 2 is 1.82 bits per heavy atom. The quantitative estimate of drug-likeness (QED) is 0.694. The van der Waals surface area contributed by atoms with Gasteiger partial charge < -0.3 is 14.2 Å². The fraction of sp³-hybridized carbons (Fsp3) is 0.409. The van der Waals surface area contributed by atoms with Gasteiger partial charge in [0, 0.05) is 31.8 Å². The summed E-state index contributed by atoms with van der Waals surface area (Å²) >= 11 is 0. The van der Waals surface area contributed by atoms with Crippen LogP contribution in [0.25, 0.3) is 11.1 Å². The van der Waals surface area contributed by atoms with Crippen LogP contribution in [0.2, 0.25) is 0 Å². The first-order chi connectivity index (χ1) is 13.3. The van der Waals surface area contributed by atoms with E-state index in [4.69, 9.17) is 14.2 Å². The molecule has 0 bridgehead atoms. The minimum Gasteiger partial charge on any atom is -0.490 e. The molecule has 0 spiro atoms. The van der Waals surface area contributed by atoms with Gasteiger partial charge in [0.2, 0.25) is 0 Å². The normalized spacial score (nSPS) is 13.4. The van der Waals surface area contributed by atoms with E-state index in [2.05, 4.69) is 0 Å². The van der Waals surface area contributed by atoms with Crippen molar-refractivity contribution in [3.63, 3.8) is 0 Å². The van der Waals surface area contributed by atoms with Gasteiger partial charge in [0.25, 0.3) is 0 Å². The van der Waals surface area contributed by atoms with E-state index in [9.17, 15) is 9.18 Å². The van der Waals surface area contributed by atoms with Crippen molar-refractivity contribution in [3.05, 3.63) is 53.3 Å². The lowest BCUT2D eigenvalue weighted by Crippen LogP contribution is -2.33. The van der Waals surface area contributed by atoms with Gasteiger partial charge in [-0.05, 0) is 55.7 Å². The van der Waals surface area contributed by atoms with Crippen LogP contribution in [-0.2, 0) is 22.6 Å². The molecule has 0 N–H and O–H groups in total. The lowest BCUT2D eigenvalue weighted by atomic mass is 10.00. The van der Waals surface area contributed by atoms with E-state index in [1.807, 2.05) is 39.0 Å². The third kappa shape index (κ3) is 4.81. The maximum atomic E-state index is 13.7. The van der Waals surface area contributed by atoms with Crippen LogP contribution in [0.4, 0.5) is 9.18 Å². The summed E-state index contributed by atoms with van der Waals surface area (Å²) in [6.07, 6.45) is -0.323. The van der Waals surface area contributed by atoms with Crippen LogP contribution in [0, 0.1) is 5.82 Å². The Labute approximate surface area is 165 Å². The molecule has 0 saturated carbocycles. The van der Waals surface area contributed by atoms with Crippen LogP contribution in [-0.4, -0.2) is 36.9 Å². The molecule has 1 aliphatic heterocycles. The summed E-state index contributed by atoms with van der Waals surface area (Å²) in [4.78, 5) is 14.0. The summed E-state index contributed by atoms with van der Waals surface area (Å²) in [5.41, 5.74) is 3.32. The molecule has 0 saturated heterocycles. The van der Waals surface area contributed by atoms with Gasteiger partial charge in [-0.1, -0.05) is 12.1 Å². The molecule has 0 atom stereocenters. The summed E-state index contributed by atoms with van der Waals surface area (Å²) in [5.74, 6) is 0.118. The Bertz CT molecular complexity index is 860. The van der Waals surface area contributed by atoms with Crippen LogP contribution >= 0.6 is 0 Å². The van der Waals surface area contributed by atoms with Crippen molar-refractivity contribution >= 4 is 6.09 Å². The van der Waals surface area contributed by atoms with Crippen LogP contribution in [0.3, 0.4) is 0 Å². The van der Waals surface area contributed by atoms with Crippen LogP contribution in [0.5, 0.6) is 5.75 Å². The van der Waals surface area contributed by atoms with Gasteiger partial charge in [-0.2, -0.15) is 0 Å². The van der Waals surface area contributed by atoms with Crippen molar-refractivity contribution in [1.29, 1.82) is 0 Å². The number of hydrogen-bond acceptors (Lipinski definition) is 4. The van der Waals surface area contributed by atoms with Gasteiger partial charge >= 0.3 is 6.09 Å². The fourth-order valence-electron chi connectivity index (χ4n) is 3.11. The van der Waals surface area contributed by atoms with Gasteiger partial charge in [0.05, 0.1) is 6.61 Å². The van der Waals surface area contributed by atoms with E-state index in [1.54, 1.807) is 18.1 Å². The molecule has 0 fully saturated rings. The second-order valence-electron chi connectivity index (χ2n) is 7.80. The lowest BCUT2D eigenvalue weighted by molar-refractivity contribution is 0.0242. The minimum absolute atomic E-state index is 0.323. The number of amides is 1. The van der Waals surface area contributed by atoms with Gasteiger partial charge in [-0.25, -0.2) is 9.18 Å². The molecular weight excluding hydrogens is 361 g/mol. The molecule has 0 aliphatic carbocycles. The zero-order valence-electron chi connectivity index (χ0n) is 16.8. The molecule has 2 aromatic carbocycles. The fourth-order valence-corrected chi connectivity index (χ4v) is 3.11. The number of benzene rings is 2. The van der Waals surface area contributed by atoms with Crippen LogP contribution in [0.1, 0.15) is 31.9 Å². The topological polar surface area (TPSA) is 48.0 Å². The number of carbonyl (C=O) groups excluding carboxylic acids is 1. The van der Waals surface area contributed by atoms with Gasteiger partial charge in [-0.3, -0.25) is 4.90 Å². The van der Waals surface area contributed by atoms with Crippen molar-refractivity contribution in [2.45, 2.75) is 39.5 Å². The highest BCUT2D eigenvalue weighted by molar-refractivity contribution is 5.73. The number of hydrogen-bond donors (Lipinski definition) is 0. The van der Waals surface area contributed by atoms with Gasteiger partial charge in [0.15, 0.2) is 0 Å². The third-order valence-corrected chi connectivity index (χ3v) is 4.38. The first-order valence-corrected chi connectivity index (χ1v) is 9.28. The molecule has 28 heavy (non-hydrogen) atoms. The molecule has 3 rings (SSSR count). The molecule has 0 aromatic heterocycles. The van der Waals surface area contributed by atoms with Crippen molar-refractivity contribution in [2.24, 2.45) is 0 Å². The van der Waals surface area contributed by atoms with Crippen molar-refractivity contribution < 1.29 is 23.4 Å². The molecule has 0 radical (unpaired) electrons. The molecule has 2 aromatic rings. The molecule has 1 amide bonds. The molecular formula is C22H26FNO4. The zero-order chi connectivity index (χ0) is 20.3. The number of ether oxygens (including phenoxy) is 3. The second kappa shape index (κ2) is 8.19. The molecule has 1 aliphatic rings. The Kier molecular flexibility index (Phi) is 5.89. The maximum Gasteiger partial charge on any atom is 0.410 e. The summed E-state index contributed by atoms with van der Waals surface area (Å²) < 4.78 is 29.9. The smallest absolute Gasteiger partial charge is 0.410 e. The first kappa shape index (κ1) is 20.1. The highest BCUT2D eigenvalue weighted by Crippen LogP contribution is 2.34. The Hall–Kier alpha value is -2.60. The standard InChI is InChI=1S/C22H26FNO4/c1-22(2,3)28-21(25)24-13-16-6-5-15(11-17(16)14-24)19-8-7-18(23)12-20(19)27-10-9-26-4/h5-8,11-12H,9-10,13-14H2,1-4H3. The highest BCUT2D eigenvalue weighted by Gasteiger charge is 2.28. The van der Waals surface area contributed by atoms with Gasteiger partial charge in [0.1, 0.15) is 23.8 Å². The molecule has 6 heteroatoms. The number of methoxy groups -OCH3 is 1. The Morgan fingerprint density at radius 3 is 2.54 bits per heavy atom. The largest absolute Gasteiger partial charge is 0.490 e. The first-order valence-electron chi connectivity index (χ1n) is 9.28. The van der Waals surface area contributed by atoms with Crippen molar-refractivity contribution in [1.82, 2.24) is 4.90 Å². The summed E-state index contributed by atoms with van der Waals surface area (Å²) in [5, 5.41) is 0. The van der Waals surface area contributed by atoms with E-state index in [1.165, 1.54) is 12.1 Å². The average molecular weight is 387 g/mol. The Morgan fingerprint density at radius 1 is 1.07 bits per heavy atom. The molecule has 150 valence electrons. The third-order valence-electron chi connectivity index (χ3n) is 4.38. The monoisotopic (exact) mass is 387 g/mol. The molecule has 0 unspecified atom stereocenters. The zero-order valence-corrected chi connectivity index (χ0v) is 16.8. The van der Waals surface area contributed by atoms with Crippen LogP contribution in [0.15, 0.2) is 36.4 Å². The van der Waals surface area contributed by atoms with E-state index < -0.39 is 5.60 Å². The number of carbonyl (C=O) groups is 1. The predicted octanol–water partition coefficient (Wildman–Crippen LogP) is 4.77. The number of halogens is 1. The van der Waals surface area contributed by atoms with Crippen molar-refractivity contribution in [3.8, 4) is 16.9 Å². The maximum absolute atomic E-state index is 13.7. The average Bonchev–Trinajstić information content (AvgIpc) is 3.04. The highest BCUT2D eigenvalue weighted by atomic mass is 19.1. The van der Waals surface area contributed by atoms with Crippen molar-refractivity contribution in [2.75, 3.05) is 20.3 Å². The SMILES string of the molecule is COCCOc1cc(F)ccc1-c1ccc2c(c1)CN(C(=O)OC(C)(C)C)C2. The van der Waals surface area contributed by atoms with E-state index in [0.717, 1.165) is 22.3 Å². The summed E-state index contributed by atoms with van der Waals surface area (Å²) in [6.45, 7) is 7.32. The number of fused-ring (bicyclic) bond motifs is 1. The van der Waals surface area contributed by atoms with E-state index in [0.29, 0.717) is 32.1 Å². The number of rotatable bonds is 5. The van der Waals surface area contributed by atoms with Gasteiger partial charge in [-0.15, -0.1) is 0 Å². The lowest BCUT2D eigenvalue weighted by Gasteiger charge is -2.24. The summed E-state index contributed by atoms with van der Waals surface area (Å²) in [6, 6.07) is 10.5. The predicted molar refractivity (Wildman–Crippen MR) is 105 cm³/mol.